The maximum Gasteiger partial charge on any atom is 0.236 e. The fourth-order valence-electron chi connectivity index (χ4n) is 4.89. The minimum Gasteiger partial charge on any atom is -0.378 e. The van der Waals surface area contributed by atoms with Crippen LogP contribution in [0.1, 0.15) is 23.7 Å². The summed E-state index contributed by atoms with van der Waals surface area (Å²) in [6, 6.07) is 24.6. The quantitative estimate of drug-likeness (QED) is 0.648. The van der Waals surface area contributed by atoms with Crippen LogP contribution in [0.2, 0.25) is 0 Å². The number of aromatic nitrogens is 1. The van der Waals surface area contributed by atoms with Gasteiger partial charge in [-0.25, -0.2) is 4.98 Å². The third-order valence-electron chi connectivity index (χ3n) is 6.50. The summed E-state index contributed by atoms with van der Waals surface area (Å²) in [5.74, 6) is 0.895. The molecule has 33 heavy (non-hydrogen) atoms. The van der Waals surface area contributed by atoms with E-state index in [4.69, 9.17) is 9.72 Å². The molecule has 0 radical (unpaired) electrons. The second-order valence-corrected chi connectivity index (χ2v) is 9.06. The molecule has 2 aliphatic heterocycles. The highest BCUT2D eigenvalue weighted by molar-refractivity contribution is 5.88. The molecule has 2 aromatic carbocycles. The molecule has 0 bridgehead atoms. The predicted octanol–water partition coefficient (Wildman–Crippen LogP) is 3.96. The number of benzene rings is 2. The molecule has 170 valence electrons. The number of nitrogens with one attached hydrogen (secondary N) is 1. The van der Waals surface area contributed by atoms with Crippen LogP contribution in [0.4, 0.5) is 11.5 Å². The van der Waals surface area contributed by atoms with Gasteiger partial charge in [0.05, 0.1) is 18.9 Å². The summed E-state index contributed by atoms with van der Waals surface area (Å²) in [7, 11) is 0. The lowest BCUT2D eigenvalue weighted by Crippen LogP contribution is -2.56. The average molecular weight is 443 g/mol. The number of hydrogen-bond donors (Lipinski definition) is 1. The molecule has 1 atom stereocenters. The topological polar surface area (TPSA) is 57.7 Å². The minimum atomic E-state index is -0.728. The van der Waals surface area contributed by atoms with Crippen molar-refractivity contribution in [3.05, 3.63) is 89.6 Å². The van der Waals surface area contributed by atoms with Gasteiger partial charge in [-0.3, -0.25) is 9.69 Å². The van der Waals surface area contributed by atoms with E-state index in [1.165, 1.54) is 5.56 Å². The van der Waals surface area contributed by atoms with Crippen molar-refractivity contribution < 1.29 is 9.53 Å². The lowest BCUT2D eigenvalue weighted by molar-refractivity contribution is -0.142. The van der Waals surface area contributed by atoms with Crippen LogP contribution in [-0.2, 0) is 28.0 Å². The lowest BCUT2D eigenvalue weighted by Gasteiger charge is -2.43. The van der Waals surface area contributed by atoms with Gasteiger partial charge < -0.3 is 15.0 Å². The first-order valence-electron chi connectivity index (χ1n) is 11.6. The summed E-state index contributed by atoms with van der Waals surface area (Å²) < 4.78 is 5.50. The monoisotopic (exact) mass is 442 g/mol. The molecule has 3 heterocycles. The van der Waals surface area contributed by atoms with Crippen LogP contribution in [0, 0.1) is 0 Å². The van der Waals surface area contributed by atoms with Crippen LogP contribution in [0.3, 0.4) is 0 Å². The number of ether oxygens (including phenoxy) is 1. The van der Waals surface area contributed by atoms with E-state index >= 15 is 0 Å². The number of pyridine rings is 1. The van der Waals surface area contributed by atoms with Crippen molar-refractivity contribution in [1.82, 2.24) is 14.8 Å². The van der Waals surface area contributed by atoms with Crippen molar-refractivity contribution >= 4 is 17.4 Å². The Balaban J connectivity index is 1.48. The van der Waals surface area contributed by atoms with E-state index in [2.05, 4.69) is 47.5 Å². The molecular weight excluding hydrogens is 412 g/mol. The maximum absolute atomic E-state index is 13.9. The second kappa shape index (κ2) is 9.33. The molecule has 0 saturated carbocycles. The third-order valence-corrected chi connectivity index (χ3v) is 6.50. The summed E-state index contributed by atoms with van der Waals surface area (Å²) in [5.41, 5.74) is 3.49. The molecule has 1 amide bonds. The van der Waals surface area contributed by atoms with Gasteiger partial charge >= 0.3 is 0 Å². The number of rotatable bonds is 5. The Kier molecular flexibility index (Phi) is 6.11. The summed E-state index contributed by atoms with van der Waals surface area (Å²) in [6.07, 6.45) is 0. The van der Waals surface area contributed by atoms with Crippen LogP contribution >= 0.6 is 0 Å². The van der Waals surface area contributed by atoms with E-state index in [0.29, 0.717) is 32.8 Å². The van der Waals surface area contributed by atoms with Crippen molar-refractivity contribution in [2.45, 2.75) is 25.4 Å². The zero-order valence-electron chi connectivity index (χ0n) is 19.0. The van der Waals surface area contributed by atoms with E-state index in [9.17, 15) is 4.79 Å². The van der Waals surface area contributed by atoms with Crippen molar-refractivity contribution in [3.63, 3.8) is 0 Å². The lowest BCUT2D eigenvalue weighted by atomic mass is 9.78. The van der Waals surface area contributed by atoms with Crippen molar-refractivity contribution in [3.8, 4) is 0 Å². The third kappa shape index (κ3) is 4.63. The first-order valence-corrected chi connectivity index (χ1v) is 11.6. The summed E-state index contributed by atoms with van der Waals surface area (Å²) in [6.45, 7) is 6.70. The molecule has 2 aliphatic rings. The highest BCUT2D eigenvalue weighted by Crippen LogP contribution is 2.36. The van der Waals surface area contributed by atoms with Gasteiger partial charge in [0, 0.05) is 38.4 Å². The Bertz CT molecular complexity index is 1100. The predicted molar refractivity (Wildman–Crippen MR) is 129 cm³/mol. The van der Waals surface area contributed by atoms with Crippen molar-refractivity contribution in [2.24, 2.45) is 0 Å². The normalized spacial score (nSPS) is 20.8. The summed E-state index contributed by atoms with van der Waals surface area (Å²) >= 11 is 0. The molecule has 5 rings (SSSR count). The Morgan fingerprint density at radius 1 is 1.00 bits per heavy atom. The van der Waals surface area contributed by atoms with Crippen molar-refractivity contribution in [1.29, 1.82) is 0 Å². The van der Waals surface area contributed by atoms with Gasteiger partial charge in [0.15, 0.2) is 0 Å². The Morgan fingerprint density at radius 3 is 2.42 bits per heavy atom. The molecule has 0 spiro atoms. The van der Waals surface area contributed by atoms with Gasteiger partial charge in [-0.1, -0.05) is 54.6 Å². The molecule has 1 saturated heterocycles. The van der Waals surface area contributed by atoms with Crippen LogP contribution in [0.25, 0.3) is 0 Å². The molecular formula is C27H30N4O2. The summed E-state index contributed by atoms with van der Waals surface area (Å²) in [5, 5.41) is 3.39. The van der Waals surface area contributed by atoms with Crippen LogP contribution in [0.5, 0.6) is 0 Å². The first kappa shape index (κ1) is 21.6. The fourth-order valence-corrected chi connectivity index (χ4v) is 4.89. The van der Waals surface area contributed by atoms with Gasteiger partial charge in [-0.15, -0.1) is 0 Å². The molecule has 1 unspecified atom stereocenters. The number of carbonyl (C=O) groups is 1. The minimum absolute atomic E-state index is 0.133. The standard InChI is InChI=1S/C27H30N4O2/c1-27(26(32)31-14-16-33-17-15-31)20-30(18-21-8-4-2-5-9-21)19-22-12-13-24(29-25(22)27)28-23-10-6-3-7-11-23/h2-13H,14-20H2,1H3,(H,28,29). The molecule has 1 aromatic heterocycles. The number of carbonyl (C=O) groups excluding carboxylic acids is 1. The number of anilines is 2. The number of morpholine rings is 1. The largest absolute Gasteiger partial charge is 0.378 e. The molecule has 1 fully saturated rings. The van der Waals surface area contributed by atoms with E-state index < -0.39 is 5.41 Å². The van der Waals surface area contributed by atoms with E-state index in [-0.39, 0.29) is 5.91 Å². The number of para-hydroxylation sites is 1. The maximum atomic E-state index is 13.9. The highest BCUT2D eigenvalue weighted by atomic mass is 16.5. The molecule has 1 N–H and O–H groups in total. The Labute approximate surface area is 195 Å². The number of fused-ring (bicyclic) bond motifs is 1. The van der Waals surface area contributed by atoms with Gasteiger partial charge in [-0.2, -0.15) is 0 Å². The molecule has 0 aliphatic carbocycles. The molecule has 6 heteroatoms. The van der Waals surface area contributed by atoms with Gasteiger partial charge in [0.1, 0.15) is 11.2 Å². The van der Waals surface area contributed by atoms with Crippen LogP contribution in [0.15, 0.2) is 72.8 Å². The highest BCUT2D eigenvalue weighted by Gasteiger charge is 2.45. The first-order chi connectivity index (χ1) is 16.1. The van der Waals surface area contributed by atoms with Gasteiger partial charge in [0.2, 0.25) is 5.91 Å². The second-order valence-electron chi connectivity index (χ2n) is 9.06. The van der Waals surface area contributed by atoms with Crippen molar-refractivity contribution in [2.75, 3.05) is 38.2 Å². The fraction of sp³-hybridized carbons (Fsp3) is 0.333. The SMILES string of the molecule is CC1(C(=O)N2CCOCC2)CN(Cc2ccccc2)Cc2ccc(Nc3ccccc3)nc21. The Morgan fingerprint density at radius 2 is 1.70 bits per heavy atom. The number of nitrogens with zero attached hydrogens (tertiary/aromatic N) is 3. The zero-order chi connectivity index (χ0) is 22.7. The summed E-state index contributed by atoms with van der Waals surface area (Å²) in [4.78, 5) is 23.2. The number of hydrogen-bond acceptors (Lipinski definition) is 5. The van der Waals surface area contributed by atoms with Crippen LogP contribution < -0.4 is 5.32 Å². The van der Waals surface area contributed by atoms with Gasteiger partial charge in [-0.05, 0) is 36.2 Å². The van der Waals surface area contributed by atoms with E-state index in [1.54, 1.807) is 0 Å². The smallest absolute Gasteiger partial charge is 0.236 e. The number of amides is 1. The zero-order valence-corrected chi connectivity index (χ0v) is 19.0. The molecule has 6 nitrogen and oxygen atoms in total. The van der Waals surface area contributed by atoms with Crippen LogP contribution in [-0.4, -0.2) is 53.5 Å². The van der Waals surface area contributed by atoms with Gasteiger partial charge in [0.25, 0.3) is 0 Å². The average Bonchev–Trinajstić information content (AvgIpc) is 2.86. The van der Waals surface area contributed by atoms with E-state index in [1.807, 2.05) is 47.4 Å². The Hall–Kier alpha value is -3.22. The molecule has 3 aromatic rings. The van der Waals surface area contributed by atoms with E-state index in [0.717, 1.165) is 35.9 Å².